The molecule has 12 heteroatoms. The summed E-state index contributed by atoms with van der Waals surface area (Å²) < 4.78 is 39.9. The Morgan fingerprint density at radius 1 is 1.07 bits per heavy atom. The number of piperazine rings is 1. The molecule has 1 N–H and O–H groups in total. The number of hydrogen-bond donors (Lipinski definition) is 1. The zero-order valence-electron chi connectivity index (χ0n) is 15.5. The molecule has 0 spiro atoms. The minimum Gasteiger partial charge on any atom is -0.338 e. The molecule has 2 aliphatic rings. The topological polar surface area (TPSA) is 113 Å². The SMILES string of the molecule is O=C1NC(=O)/C(=C/c2ccnc(N3CCN(S(=O)(=O)c4ccc(F)cc4)CC3)n2)S1. The van der Waals surface area contributed by atoms with Gasteiger partial charge in [-0.15, -0.1) is 0 Å². The summed E-state index contributed by atoms with van der Waals surface area (Å²) >= 11 is 0.802. The van der Waals surface area contributed by atoms with Gasteiger partial charge in [0.15, 0.2) is 0 Å². The van der Waals surface area contributed by atoms with Crippen LogP contribution in [-0.2, 0) is 14.8 Å². The predicted molar refractivity (Wildman–Crippen MR) is 109 cm³/mol. The van der Waals surface area contributed by atoms with E-state index in [0.29, 0.717) is 24.7 Å². The van der Waals surface area contributed by atoms with E-state index in [9.17, 15) is 22.4 Å². The number of sulfonamides is 1. The summed E-state index contributed by atoms with van der Waals surface area (Å²) in [7, 11) is -3.71. The number of imide groups is 1. The lowest BCUT2D eigenvalue weighted by atomic mass is 10.3. The number of amides is 2. The van der Waals surface area contributed by atoms with Crippen LogP contribution in [0.25, 0.3) is 6.08 Å². The van der Waals surface area contributed by atoms with Gasteiger partial charge in [0, 0.05) is 32.4 Å². The molecule has 3 heterocycles. The number of halogens is 1. The quantitative estimate of drug-likeness (QED) is 0.698. The summed E-state index contributed by atoms with van der Waals surface area (Å²) in [6.45, 7) is 1.19. The van der Waals surface area contributed by atoms with Crippen molar-refractivity contribution in [3.05, 3.63) is 52.9 Å². The van der Waals surface area contributed by atoms with Crippen LogP contribution >= 0.6 is 11.8 Å². The fraction of sp³-hybridized carbons (Fsp3) is 0.222. The lowest BCUT2D eigenvalue weighted by molar-refractivity contribution is -0.115. The molecule has 0 aliphatic carbocycles. The van der Waals surface area contributed by atoms with Gasteiger partial charge in [0.05, 0.1) is 15.5 Å². The number of anilines is 1. The van der Waals surface area contributed by atoms with Crippen molar-refractivity contribution >= 4 is 45.0 Å². The van der Waals surface area contributed by atoms with Crippen LogP contribution in [0.3, 0.4) is 0 Å². The highest BCUT2D eigenvalue weighted by molar-refractivity contribution is 8.18. The van der Waals surface area contributed by atoms with Crippen LogP contribution in [0.4, 0.5) is 15.1 Å². The van der Waals surface area contributed by atoms with E-state index in [4.69, 9.17) is 0 Å². The summed E-state index contributed by atoms with van der Waals surface area (Å²) in [4.78, 5) is 33.7. The second kappa shape index (κ2) is 8.13. The number of carbonyl (C=O) groups is 2. The Balaban J connectivity index is 1.46. The molecule has 4 rings (SSSR count). The van der Waals surface area contributed by atoms with Gasteiger partial charge in [0.25, 0.3) is 11.1 Å². The van der Waals surface area contributed by atoms with E-state index >= 15 is 0 Å². The van der Waals surface area contributed by atoms with Crippen molar-refractivity contribution in [2.45, 2.75) is 4.90 Å². The highest BCUT2D eigenvalue weighted by atomic mass is 32.2. The van der Waals surface area contributed by atoms with Gasteiger partial charge >= 0.3 is 0 Å². The van der Waals surface area contributed by atoms with Crippen molar-refractivity contribution in [3.63, 3.8) is 0 Å². The number of carbonyl (C=O) groups excluding carboxylic acids is 2. The summed E-state index contributed by atoms with van der Waals surface area (Å²) in [5, 5.41) is 1.75. The molecule has 30 heavy (non-hydrogen) atoms. The zero-order valence-corrected chi connectivity index (χ0v) is 17.1. The Hall–Kier alpha value is -2.83. The van der Waals surface area contributed by atoms with E-state index in [1.807, 2.05) is 4.90 Å². The number of aromatic nitrogens is 2. The monoisotopic (exact) mass is 449 g/mol. The number of rotatable bonds is 4. The van der Waals surface area contributed by atoms with Crippen molar-refractivity contribution in [1.82, 2.24) is 19.6 Å². The average molecular weight is 449 g/mol. The molecule has 2 fully saturated rings. The van der Waals surface area contributed by atoms with Crippen LogP contribution < -0.4 is 10.2 Å². The van der Waals surface area contributed by atoms with E-state index in [0.717, 1.165) is 23.9 Å². The molecule has 2 saturated heterocycles. The number of hydrogen-bond acceptors (Lipinski definition) is 8. The molecule has 0 radical (unpaired) electrons. The van der Waals surface area contributed by atoms with Gasteiger partial charge in [-0.05, 0) is 48.2 Å². The third-order valence-electron chi connectivity index (χ3n) is 4.56. The Bertz CT molecular complexity index is 1130. The van der Waals surface area contributed by atoms with Gasteiger partial charge in [-0.2, -0.15) is 4.31 Å². The van der Waals surface area contributed by atoms with E-state index in [1.54, 1.807) is 6.07 Å². The lowest BCUT2D eigenvalue weighted by Gasteiger charge is -2.34. The van der Waals surface area contributed by atoms with Gasteiger partial charge in [0.1, 0.15) is 5.82 Å². The van der Waals surface area contributed by atoms with Gasteiger partial charge in [-0.3, -0.25) is 14.9 Å². The second-order valence-electron chi connectivity index (χ2n) is 6.48. The number of benzene rings is 1. The maximum Gasteiger partial charge on any atom is 0.290 e. The molecule has 1 aromatic heterocycles. The number of thioether (sulfide) groups is 1. The van der Waals surface area contributed by atoms with Crippen LogP contribution in [0.15, 0.2) is 46.3 Å². The molecule has 1 aromatic carbocycles. The van der Waals surface area contributed by atoms with Crippen LogP contribution in [0.5, 0.6) is 0 Å². The molecule has 0 bridgehead atoms. The lowest BCUT2D eigenvalue weighted by Crippen LogP contribution is -2.49. The standard InChI is InChI=1S/C18H16FN5O4S2/c19-12-1-3-14(4-2-12)30(27,28)24-9-7-23(8-10-24)17-20-6-5-13(21-17)11-15-16(25)22-18(26)29-15/h1-6,11H,7-10H2,(H,22,25,26)/b15-11-. The second-order valence-corrected chi connectivity index (χ2v) is 9.43. The Kier molecular flexibility index (Phi) is 5.54. The first-order valence-corrected chi connectivity index (χ1v) is 11.2. The van der Waals surface area contributed by atoms with Crippen molar-refractivity contribution in [2.24, 2.45) is 0 Å². The zero-order chi connectivity index (χ0) is 21.3. The molecule has 2 aromatic rings. The molecule has 0 saturated carbocycles. The third kappa shape index (κ3) is 4.20. The number of nitrogens with zero attached hydrogens (tertiary/aromatic N) is 4. The first kappa shape index (κ1) is 20.4. The molecule has 0 atom stereocenters. The maximum atomic E-state index is 13.1. The fourth-order valence-corrected chi connectivity index (χ4v) is 5.12. The van der Waals surface area contributed by atoms with Gasteiger partial charge < -0.3 is 4.90 Å². The highest BCUT2D eigenvalue weighted by Crippen LogP contribution is 2.25. The predicted octanol–water partition coefficient (Wildman–Crippen LogP) is 1.45. The Morgan fingerprint density at radius 2 is 1.77 bits per heavy atom. The minimum atomic E-state index is -3.71. The Labute approximate surface area is 176 Å². The highest BCUT2D eigenvalue weighted by Gasteiger charge is 2.29. The van der Waals surface area contributed by atoms with Gasteiger partial charge in [-0.1, -0.05) is 0 Å². The average Bonchev–Trinajstić information content (AvgIpc) is 3.05. The summed E-state index contributed by atoms with van der Waals surface area (Å²) in [6, 6.07) is 6.35. The normalized spacial score (nSPS) is 19.4. The Morgan fingerprint density at radius 3 is 2.40 bits per heavy atom. The number of nitrogens with one attached hydrogen (secondary N) is 1. The minimum absolute atomic E-state index is 0.0455. The van der Waals surface area contributed by atoms with Crippen molar-refractivity contribution < 1.29 is 22.4 Å². The van der Waals surface area contributed by atoms with Crippen LogP contribution in [0, 0.1) is 5.82 Å². The van der Waals surface area contributed by atoms with E-state index in [2.05, 4.69) is 15.3 Å². The van der Waals surface area contributed by atoms with Crippen molar-refractivity contribution in [2.75, 3.05) is 31.1 Å². The van der Waals surface area contributed by atoms with Crippen molar-refractivity contribution in [3.8, 4) is 0 Å². The third-order valence-corrected chi connectivity index (χ3v) is 7.28. The molecule has 2 aliphatic heterocycles. The smallest absolute Gasteiger partial charge is 0.290 e. The molecule has 2 amide bonds. The molecular formula is C18H16FN5O4S2. The van der Waals surface area contributed by atoms with Crippen LogP contribution in [0.1, 0.15) is 5.69 Å². The first-order chi connectivity index (χ1) is 14.3. The van der Waals surface area contributed by atoms with Crippen molar-refractivity contribution in [1.29, 1.82) is 0 Å². The van der Waals surface area contributed by atoms with E-state index in [1.165, 1.54) is 28.7 Å². The van der Waals surface area contributed by atoms with E-state index < -0.39 is 27.0 Å². The summed E-state index contributed by atoms with van der Waals surface area (Å²) in [5.41, 5.74) is 0.466. The van der Waals surface area contributed by atoms with Crippen LogP contribution in [0.2, 0.25) is 0 Å². The maximum absolute atomic E-state index is 13.1. The molecule has 9 nitrogen and oxygen atoms in total. The molecule has 156 valence electrons. The van der Waals surface area contributed by atoms with Crippen LogP contribution in [-0.4, -0.2) is 60.0 Å². The molecule has 0 unspecified atom stereocenters. The largest absolute Gasteiger partial charge is 0.338 e. The summed E-state index contributed by atoms with van der Waals surface area (Å²) in [6.07, 6.45) is 3.04. The van der Waals surface area contributed by atoms with Gasteiger partial charge in [0.2, 0.25) is 16.0 Å². The molecular weight excluding hydrogens is 433 g/mol. The summed E-state index contributed by atoms with van der Waals surface area (Å²) in [5.74, 6) is -0.564. The van der Waals surface area contributed by atoms with E-state index in [-0.39, 0.29) is 22.9 Å². The van der Waals surface area contributed by atoms with Gasteiger partial charge in [-0.25, -0.2) is 22.8 Å². The first-order valence-electron chi connectivity index (χ1n) is 8.91. The fourth-order valence-electron chi connectivity index (χ4n) is 3.03.